The molecule has 0 fully saturated rings. The lowest BCUT2D eigenvalue weighted by molar-refractivity contribution is -0.139. The summed E-state index contributed by atoms with van der Waals surface area (Å²) in [6.07, 6.45) is 0.323. The Kier molecular flexibility index (Phi) is 7.23. The van der Waals surface area contributed by atoms with Crippen LogP contribution in [0.1, 0.15) is 30.6 Å². The van der Waals surface area contributed by atoms with Crippen LogP contribution in [0.25, 0.3) is 0 Å². The van der Waals surface area contributed by atoms with E-state index >= 15 is 0 Å². The minimum atomic E-state index is -1.08. The minimum absolute atomic E-state index is 0.121. The number of carbonyl (C=O) groups excluding carboxylic acids is 2. The first kappa shape index (κ1) is 19.5. The lowest BCUT2D eigenvalue weighted by Crippen LogP contribution is -2.41. The largest absolute Gasteiger partial charge is 0.483 e. The third-order valence-corrected chi connectivity index (χ3v) is 3.29. The Bertz CT molecular complexity index is 598. The molecule has 7 nitrogen and oxygen atoms in total. The molecule has 0 saturated heterocycles. The SMILES string of the molecule is CC(C)C[C@@H](NC(=O)c1ccccc1OCC(=O)N(C)C)C(=O)O. The second kappa shape index (κ2) is 8.90. The van der Waals surface area contributed by atoms with Gasteiger partial charge in [0.25, 0.3) is 11.8 Å². The fraction of sp³-hybridized carbons (Fsp3) is 0.471. The number of amides is 2. The Hall–Kier alpha value is -2.57. The number of para-hydroxylation sites is 1. The van der Waals surface area contributed by atoms with Crippen molar-refractivity contribution in [3.8, 4) is 5.75 Å². The van der Waals surface area contributed by atoms with Gasteiger partial charge in [-0.05, 0) is 24.5 Å². The van der Waals surface area contributed by atoms with E-state index in [9.17, 15) is 19.5 Å². The molecule has 0 aromatic heterocycles. The van der Waals surface area contributed by atoms with Crippen LogP contribution in [0.3, 0.4) is 0 Å². The molecule has 7 heteroatoms. The summed E-state index contributed by atoms with van der Waals surface area (Å²) in [7, 11) is 3.21. The van der Waals surface area contributed by atoms with Crippen LogP contribution in [0.5, 0.6) is 5.75 Å². The van der Waals surface area contributed by atoms with Crippen LogP contribution in [0.15, 0.2) is 24.3 Å². The average molecular weight is 336 g/mol. The number of likely N-dealkylation sites (N-methyl/N-ethyl adjacent to an activating group) is 1. The fourth-order valence-corrected chi connectivity index (χ4v) is 1.98. The summed E-state index contributed by atoms with van der Waals surface area (Å²) >= 11 is 0. The van der Waals surface area contributed by atoms with Crippen molar-refractivity contribution < 1.29 is 24.2 Å². The van der Waals surface area contributed by atoms with E-state index in [0.717, 1.165) is 0 Å². The number of carboxylic acids is 1. The molecule has 0 spiro atoms. The van der Waals surface area contributed by atoms with Crippen molar-refractivity contribution >= 4 is 17.8 Å². The van der Waals surface area contributed by atoms with Crippen LogP contribution in [-0.4, -0.2) is 54.5 Å². The molecule has 1 aromatic carbocycles. The number of carbonyl (C=O) groups is 3. The monoisotopic (exact) mass is 336 g/mol. The fourth-order valence-electron chi connectivity index (χ4n) is 1.98. The van der Waals surface area contributed by atoms with Gasteiger partial charge in [0.1, 0.15) is 11.8 Å². The molecule has 0 aliphatic rings. The standard InChI is InChI=1S/C17H24N2O5/c1-11(2)9-13(17(22)23)18-16(21)12-7-5-6-8-14(12)24-10-15(20)19(3)4/h5-8,11,13H,9-10H2,1-4H3,(H,18,21)(H,22,23)/t13-/m1/s1. The molecule has 132 valence electrons. The van der Waals surface area contributed by atoms with E-state index in [-0.39, 0.29) is 29.7 Å². The maximum absolute atomic E-state index is 12.4. The third kappa shape index (κ3) is 5.91. The number of nitrogens with one attached hydrogen (secondary N) is 1. The summed E-state index contributed by atoms with van der Waals surface area (Å²) in [6.45, 7) is 3.56. The molecule has 0 bridgehead atoms. The van der Waals surface area contributed by atoms with E-state index in [4.69, 9.17) is 4.74 Å². The minimum Gasteiger partial charge on any atom is -0.483 e. The summed E-state index contributed by atoms with van der Waals surface area (Å²) < 4.78 is 5.41. The molecular formula is C17H24N2O5. The van der Waals surface area contributed by atoms with Crippen molar-refractivity contribution in [3.63, 3.8) is 0 Å². The normalized spacial score (nSPS) is 11.7. The van der Waals surface area contributed by atoms with Gasteiger partial charge >= 0.3 is 5.97 Å². The number of ether oxygens (including phenoxy) is 1. The Morgan fingerprint density at radius 2 is 1.83 bits per heavy atom. The van der Waals surface area contributed by atoms with Crippen LogP contribution >= 0.6 is 0 Å². The van der Waals surface area contributed by atoms with E-state index in [1.807, 2.05) is 13.8 Å². The third-order valence-electron chi connectivity index (χ3n) is 3.29. The van der Waals surface area contributed by atoms with Gasteiger partial charge in [0.2, 0.25) is 0 Å². The molecule has 0 unspecified atom stereocenters. The van der Waals surface area contributed by atoms with Crippen molar-refractivity contribution in [3.05, 3.63) is 29.8 Å². The van der Waals surface area contributed by atoms with E-state index in [1.54, 1.807) is 32.3 Å². The molecule has 0 radical (unpaired) electrons. The topological polar surface area (TPSA) is 95.9 Å². The first-order chi connectivity index (χ1) is 11.2. The lowest BCUT2D eigenvalue weighted by atomic mass is 10.0. The highest BCUT2D eigenvalue weighted by molar-refractivity contribution is 5.99. The maximum atomic E-state index is 12.4. The lowest BCUT2D eigenvalue weighted by Gasteiger charge is -2.18. The van der Waals surface area contributed by atoms with Crippen LogP contribution in [-0.2, 0) is 9.59 Å². The second-order valence-corrected chi connectivity index (χ2v) is 6.07. The highest BCUT2D eigenvalue weighted by Crippen LogP contribution is 2.18. The van der Waals surface area contributed by atoms with E-state index in [2.05, 4.69) is 5.32 Å². The van der Waals surface area contributed by atoms with Gasteiger partial charge in [0.15, 0.2) is 6.61 Å². The summed E-state index contributed by atoms with van der Waals surface area (Å²) in [6, 6.07) is 5.44. The van der Waals surface area contributed by atoms with Crippen LogP contribution < -0.4 is 10.1 Å². The Morgan fingerprint density at radius 1 is 1.21 bits per heavy atom. The van der Waals surface area contributed by atoms with Gasteiger partial charge in [-0.15, -0.1) is 0 Å². The summed E-state index contributed by atoms with van der Waals surface area (Å²) in [5, 5.41) is 11.7. The zero-order valence-corrected chi connectivity index (χ0v) is 14.4. The number of rotatable bonds is 8. The molecule has 24 heavy (non-hydrogen) atoms. The number of benzene rings is 1. The van der Waals surface area contributed by atoms with Crippen LogP contribution in [0, 0.1) is 5.92 Å². The molecule has 1 rings (SSSR count). The van der Waals surface area contributed by atoms with Gasteiger partial charge in [0, 0.05) is 14.1 Å². The van der Waals surface area contributed by atoms with Crippen LogP contribution in [0.4, 0.5) is 0 Å². The predicted octanol–water partition coefficient (Wildman–Crippen LogP) is 1.38. The highest BCUT2D eigenvalue weighted by Gasteiger charge is 2.23. The van der Waals surface area contributed by atoms with Gasteiger partial charge in [0.05, 0.1) is 5.56 Å². The molecule has 1 atom stereocenters. The van der Waals surface area contributed by atoms with Gasteiger partial charge in [-0.25, -0.2) is 4.79 Å². The van der Waals surface area contributed by atoms with Crippen molar-refractivity contribution in [2.75, 3.05) is 20.7 Å². The Balaban J connectivity index is 2.86. The smallest absolute Gasteiger partial charge is 0.326 e. The number of aliphatic carboxylic acids is 1. The molecular weight excluding hydrogens is 312 g/mol. The summed E-state index contributed by atoms with van der Waals surface area (Å²) in [4.78, 5) is 36.7. The number of hydrogen-bond donors (Lipinski definition) is 2. The zero-order chi connectivity index (χ0) is 18.3. The van der Waals surface area contributed by atoms with E-state index in [0.29, 0.717) is 6.42 Å². The molecule has 2 N–H and O–H groups in total. The molecule has 0 aliphatic heterocycles. The number of hydrogen-bond acceptors (Lipinski definition) is 4. The molecule has 2 amide bonds. The maximum Gasteiger partial charge on any atom is 0.326 e. The van der Waals surface area contributed by atoms with Crippen LogP contribution in [0.2, 0.25) is 0 Å². The van der Waals surface area contributed by atoms with Gasteiger partial charge in [-0.1, -0.05) is 26.0 Å². The summed E-state index contributed by atoms with van der Waals surface area (Å²) in [5.74, 6) is -1.52. The molecule has 0 saturated carbocycles. The van der Waals surface area contributed by atoms with Crippen molar-refractivity contribution in [1.29, 1.82) is 0 Å². The predicted molar refractivity (Wildman–Crippen MR) is 89.0 cm³/mol. The average Bonchev–Trinajstić information content (AvgIpc) is 2.51. The molecule has 1 aromatic rings. The highest BCUT2D eigenvalue weighted by atomic mass is 16.5. The van der Waals surface area contributed by atoms with E-state index in [1.165, 1.54) is 11.0 Å². The second-order valence-electron chi connectivity index (χ2n) is 6.07. The number of carboxylic acid groups (broad SMARTS) is 1. The van der Waals surface area contributed by atoms with Crippen molar-refractivity contribution in [2.24, 2.45) is 5.92 Å². The zero-order valence-electron chi connectivity index (χ0n) is 14.4. The number of nitrogens with zero attached hydrogens (tertiary/aromatic N) is 1. The first-order valence-corrected chi connectivity index (χ1v) is 7.68. The van der Waals surface area contributed by atoms with Gasteiger partial charge < -0.3 is 20.1 Å². The Labute approximate surface area is 141 Å². The molecule has 0 aliphatic carbocycles. The Morgan fingerprint density at radius 3 is 2.38 bits per heavy atom. The van der Waals surface area contributed by atoms with E-state index < -0.39 is 17.9 Å². The summed E-state index contributed by atoms with van der Waals surface area (Å²) in [5.41, 5.74) is 0.194. The quantitative estimate of drug-likeness (QED) is 0.748. The van der Waals surface area contributed by atoms with Crippen molar-refractivity contribution in [2.45, 2.75) is 26.3 Å². The van der Waals surface area contributed by atoms with Gasteiger partial charge in [-0.3, -0.25) is 9.59 Å². The van der Waals surface area contributed by atoms with Gasteiger partial charge in [-0.2, -0.15) is 0 Å². The molecule has 0 heterocycles. The van der Waals surface area contributed by atoms with Crippen molar-refractivity contribution in [1.82, 2.24) is 10.2 Å². The first-order valence-electron chi connectivity index (χ1n) is 7.68.